The van der Waals surface area contributed by atoms with E-state index in [0.29, 0.717) is 11.3 Å². The third kappa shape index (κ3) is 4.11. The van der Waals surface area contributed by atoms with Crippen LogP contribution in [-0.4, -0.2) is 13.3 Å². The Morgan fingerprint density at radius 3 is 2.20 bits per heavy atom. The van der Waals surface area contributed by atoms with Crippen LogP contribution in [0.2, 0.25) is 0 Å². The van der Waals surface area contributed by atoms with Gasteiger partial charge >= 0.3 is 6.18 Å². The van der Waals surface area contributed by atoms with Gasteiger partial charge in [0.05, 0.1) is 13.5 Å². The van der Waals surface area contributed by atoms with Gasteiger partial charge in [-0.15, -0.1) is 0 Å². The van der Waals surface area contributed by atoms with Crippen LogP contribution in [0.3, 0.4) is 0 Å². The molecule has 15 heavy (non-hydrogen) atoms. The second-order valence-electron chi connectivity index (χ2n) is 3.06. The topological polar surface area (TPSA) is 9.23 Å². The fraction of sp³-hybridized carbons (Fsp3) is 0.400. The number of halogens is 4. The van der Waals surface area contributed by atoms with E-state index in [9.17, 15) is 13.2 Å². The molecule has 1 aromatic carbocycles. The quantitative estimate of drug-likeness (QED) is 0.759. The van der Waals surface area contributed by atoms with Gasteiger partial charge in [-0.1, -0.05) is 28.1 Å². The number of benzene rings is 1. The summed E-state index contributed by atoms with van der Waals surface area (Å²) in [6, 6.07) is 6.51. The van der Waals surface area contributed by atoms with E-state index in [1.165, 1.54) is 7.11 Å². The van der Waals surface area contributed by atoms with Crippen molar-refractivity contribution >= 4 is 15.9 Å². The maximum Gasteiger partial charge on any atom is 0.390 e. The number of rotatable bonds is 3. The molecule has 0 heterocycles. The first-order valence-corrected chi connectivity index (χ1v) is 5.19. The van der Waals surface area contributed by atoms with Crippen LogP contribution in [-0.2, 0) is 0 Å². The maximum atomic E-state index is 12.1. The minimum atomic E-state index is -4.16. The lowest BCUT2D eigenvalue weighted by molar-refractivity contribution is -0.134. The van der Waals surface area contributed by atoms with Gasteiger partial charge < -0.3 is 4.74 Å². The summed E-state index contributed by atoms with van der Waals surface area (Å²) in [6.45, 7) is 0. The zero-order valence-corrected chi connectivity index (χ0v) is 9.60. The summed E-state index contributed by atoms with van der Waals surface area (Å²) in [5.41, 5.74) is 0.591. The smallest absolute Gasteiger partial charge is 0.390 e. The molecule has 0 bridgehead atoms. The summed E-state index contributed by atoms with van der Waals surface area (Å²) in [4.78, 5) is -0.705. The highest BCUT2D eigenvalue weighted by atomic mass is 79.9. The van der Waals surface area contributed by atoms with Crippen molar-refractivity contribution in [2.24, 2.45) is 0 Å². The predicted octanol–water partition coefficient (Wildman–Crippen LogP) is 4.08. The molecule has 0 N–H and O–H groups in total. The molecule has 1 atom stereocenters. The van der Waals surface area contributed by atoms with E-state index in [2.05, 4.69) is 15.9 Å². The standard InChI is InChI=1S/C10H10BrF3O/c1-15-8-4-2-7(3-5-8)9(11)6-10(12,13)14/h2-5,9H,6H2,1H3. The number of alkyl halides is 4. The zero-order chi connectivity index (χ0) is 11.5. The molecule has 0 amide bonds. The molecule has 0 aromatic heterocycles. The fourth-order valence-electron chi connectivity index (χ4n) is 1.13. The molecule has 5 heteroatoms. The Labute approximate surface area is 94.4 Å². The van der Waals surface area contributed by atoms with Crippen molar-refractivity contribution in [3.05, 3.63) is 29.8 Å². The van der Waals surface area contributed by atoms with Crippen molar-refractivity contribution in [3.63, 3.8) is 0 Å². The first kappa shape index (κ1) is 12.4. The van der Waals surface area contributed by atoms with Crippen LogP contribution in [0, 0.1) is 0 Å². The predicted molar refractivity (Wildman–Crippen MR) is 55.3 cm³/mol. The van der Waals surface area contributed by atoms with Gasteiger partial charge in [0.25, 0.3) is 0 Å². The minimum Gasteiger partial charge on any atom is -0.497 e. The Kier molecular flexibility index (Phi) is 4.02. The molecule has 1 nitrogen and oxygen atoms in total. The molecule has 1 aromatic rings. The van der Waals surface area contributed by atoms with Crippen molar-refractivity contribution in [2.45, 2.75) is 17.4 Å². The lowest BCUT2D eigenvalue weighted by Gasteiger charge is -2.13. The molecular formula is C10H10BrF3O. The Morgan fingerprint density at radius 2 is 1.80 bits per heavy atom. The third-order valence-corrected chi connectivity index (χ3v) is 2.74. The molecule has 0 radical (unpaired) electrons. The van der Waals surface area contributed by atoms with Crippen molar-refractivity contribution in [1.29, 1.82) is 0 Å². The molecule has 0 saturated heterocycles. The largest absolute Gasteiger partial charge is 0.497 e. The molecule has 0 aliphatic carbocycles. The second-order valence-corrected chi connectivity index (χ2v) is 4.17. The highest BCUT2D eigenvalue weighted by Gasteiger charge is 2.31. The minimum absolute atomic E-state index is 0.591. The van der Waals surface area contributed by atoms with Crippen molar-refractivity contribution < 1.29 is 17.9 Å². The van der Waals surface area contributed by atoms with Crippen LogP contribution < -0.4 is 4.74 Å². The van der Waals surface area contributed by atoms with Crippen LogP contribution in [0.1, 0.15) is 16.8 Å². The van der Waals surface area contributed by atoms with E-state index in [1.807, 2.05) is 0 Å². The van der Waals surface area contributed by atoms with Gasteiger partial charge in [0.2, 0.25) is 0 Å². The average Bonchev–Trinajstić information content (AvgIpc) is 2.15. The Morgan fingerprint density at radius 1 is 1.27 bits per heavy atom. The van der Waals surface area contributed by atoms with Gasteiger partial charge in [-0.3, -0.25) is 0 Å². The van der Waals surface area contributed by atoms with Gasteiger partial charge in [-0.25, -0.2) is 0 Å². The van der Waals surface area contributed by atoms with E-state index in [1.54, 1.807) is 24.3 Å². The van der Waals surface area contributed by atoms with Crippen LogP contribution in [0.5, 0.6) is 5.75 Å². The molecule has 0 fully saturated rings. The molecule has 1 unspecified atom stereocenters. The Hall–Kier alpha value is -0.710. The average molecular weight is 283 g/mol. The highest BCUT2D eigenvalue weighted by molar-refractivity contribution is 9.09. The van der Waals surface area contributed by atoms with Crippen molar-refractivity contribution in [2.75, 3.05) is 7.11 Å². The molecule has 0 aliphatic rings. The first-order chi connectivity index (χ1) is 6.92. The van der Waals surface area contributed by atoms with Crippen LogP contribution in [0.4, 0.5) is 13.2 Å². The molecule has 0 saturated carbocycles. The lowest BCUT2D eigenvalue weighted by atomic mass is 10.1. The summed E-state index contributed by atoms with van der Waals surface area (Å²) in [7, 11) is 1.51. The lowest BCUT2D eigenvalue weighted by Crippen LogP contribution is -2.10. The van der Waals surface area contributed by atoms with Gasteiger partial charge in [-0.05, 0) is 17.7 Å². The Balaban J connectivity index is 2.70. The van der Waals surface area contributed by atoms with Gasteiger partial charge in [0.15, 0.2) is 0 Å². The second kappa shape index (κ2) is 4.88. The summed E-state index contributed by atoms with van der Waals surface area (Å²) < 4.78 is 41.2. The summed E-state index contributed by atoms with van der Waals surface area (Å²) in [5, 5.41) is 0. The number of hydrogen-bond donors (Lipinski definition) is 0. The van der Waals surface area contributed by atoms with Crippen LogP contribution >= 0.6 is 15.9 Å². The third-order valence-electron chi connectivity index (χ3n) is 1.89. The normalized spacial score (nSPS) is 13.7. The highest BCUT2D eigenvalue weighted by Crippen LogP contribution is 2.35. The van der Waals surface area contributed by atoms with Crippen molar-refractivity contribution in [1.82, 2.24) is 0 Å². The molecule has 0 aliphatic heterocycles. The Bertz CT molecular complexity index is 307. The molecule has 84 valence electrons. The molecule has 0 spiro atoms. The van der Waals surface area contributed by atoms with E-state index >= 15 is 0 Å². The maximum absolute atomic E-state index is 12.1. The SMILES string of the molecule is COc1ccc(C(Br)CC(F)(F)F)cc1. The van der Waals surface area contributed by atoms with Crippen molar-refractivity contribution in [3.8, 4) is 5.75 Å². The van der Waals surface area contributed by atoms with E-state index < -0.39 is 17.4 Å². The molecule has 1 rings (SSSR count). The first-order valence-electron chi connectivity index (χ1n) is 4.27. The van der Waals surface area contributed by atoms with E-state index in [0.717, 1.165) is 0 Å². The van der Waals surface area contributed by atoms with Crippen LogP contribution in [0.25, 0.3) is 0 Å². The molecular weight excluding hydrogens is 273 g/mol. The number of ether oxygens (including phenoxy) is 1. The fourth-order valence-corrected chi connectivity index (χ4v) is 1.81. The van der Waals surface area contributed by atoms with Crippen LogP contribution in [0.15, 0.2) is 24.3 Å². The summed E-state index contributed by atoms with van der Waals surface area (Å²) in [5.74, 6) is 0.630. The van der Waals surface area contributed by atoms with Gasteiger partial charge in [-0.2, -0.15) is 13.2 Å². The number of methoxy groups -OCH3 is 1. The van der Waals surface area contributed by atoms with Gasteiger partial charge in [0.1, 0.15) is 5.75 Å². The summed E-state index contributed by atoms with van der Waals surface area (Å²) >= 11 is 3.01. The monoisotopic (exact) mass is 282 g/mol. The van der Waals surface area contributed by atoms with Gasteiger partial charge in [0, 0.05) is 4.83 Å². The van der Waals surface area contributed by atoms with E-state index in [4.69, 9.17) is 4.74 Å². The summed E-state index contributed by atoms with van der Waals surface area (Å²) in [6.07, 6.45) is -5.03. The zero-order valence-electron chi connectivity index (χ0n) is 8.01. The number of hydrogen-bond acceptors (Lipinski definition) is 1. The van der Waals surface area contributed by atoms with E-state index in [-0.39, 0.29) is 0 Å².